The minimum Gasteiger partial charge on any atom is -0.387 e. The molecule has 0 saturated heterocycles. The van der Waals surface area contributed by atoms with Crippen molar-refractivity contribution in [2.24, 2.45) is 5.73 Å². The van der Waals surface area contributed by atoms with Crippen molar-refractivity contribution in [2.75, 3.05) is 6.26 Å². The summed E-state index contributed by atoms with van der Waals surface area (Å²) in [5.74, 6) is 0.0197. The molecule has 0 aliphatic heterocycles. The second-order valence-electron chi connectivity index (χ2n) is 2.81. The summed E-state index contributed by atoms with van der Waals surface area (Å²) < 4.78 is 23.1. The summed E-state index contributed by atoms with van der Waals surface area (Å²) in [7, 11) is -3.21. The van der Waals surface area contributed by atoms with Crippen LogP contribution in [0.4, 0.5) is 0 Å². The Morgan fingerprint density at radius 1 is 1.69 bits per heavy atom. The molecule has 1 aromatic heterocycles. The zero-order chi connectivity index (χ0) is 10.1. The molecule has 3 N–H and O–H groups in total. The Labute approximate surface area is 76.7 Å². The molecule has 13 heavy (non-hydrogen) atoms. The van der Waals surface area contributed by atoms with E-state index in [0.717, 1.165) is 15.8 Å². The highest BCUT2D eigenvalue weighted by molar-refractivity contribution is 7.89. The highest BCUT2D eigenvalue weighted by Gasteiger charge is 2.05. The molecule has 0 unspecified atom stereocenters. The van der Waals surface area contributed by atoms with Gasteiger partial charge in [-0.1, -0.05) is 0 Å². The van der Waals surface area contributed by atoms with Crippen molar-refractivity contribution >= 4 is 15.9 Å². The quantitative estimate of drug-likeness (QED) is 0.523. The summed E-state index contributed by atoms with van der Waals surface area (Å²) >= 11 is 0. The van der Waals surface area contributed by atoms with Gasteiger partial charge in [-0.05, 0) is 11.6 Å². The number of nitrogens with two attached hydrogens (primary N) is 1. The standard InChI is InChI=1S/C7H11N3O2S/c1-13(11,12)10-3-2-6(5-10)4-7(8)9/h2-3,5H,4H2,1H3,(H3,8,9). The summed E-state index contributed by atoms with van der Waals surface area (Å²) in [6, 6.07) is 1.63. The summed E-state index contributed by atoms with van der Waals surface area (Å²) in [4.78, 5) is 0. The van der Waals surface area contributed by atoms with Gasteiger partial charge in [0, 0.05) is 18.8 Å². The van der Waals surface area contributed by atoms with Crippen LogP contribution < -0.4 is 5.73 Å². The highest BCUT2D eigenvalue weighted by Crippen LogP contribution is 2.04. The van der Waals surface area contributed by atoms with Crippen molar-refractivity contribution < 1.29 is 8.42 Å². The van der Waals surface area contributed by atoms with E-state index in [9.17, 15) is 8.42 Å². The molecule has 0 aliphatic carbocycles. The summed E-state index contributed by atoms with van der Waals surface area (Å²) in [6.07, 6.45) is 4.29. The number of hydrogen-bond acceptors (Lipinski definition) is 3. The second-order valence-corrected chi connectivity index (χ2v) is 4.70. The van der Waals surface area contributed by atoms with E-state index in [1.165, 1.54) is 12.4 Å². The van der Waals surface area contributed by atoms with Crippen molar-refractivity contribution in [3.63, 3.8) is 0 Å². The third-order valence-corrected chi connectivity index (χ3v) is 2.50. The molecule has 1 aromatic rings. The second kappa shape index (κ2) is 3.21. The Hall–Kier alpha value is -1.30. The Balaban J connectivity index is 2.94. The molecule has 0 amide bonds. The zero-order valence-electron chi connectivity index (χ0n) is 7.19. The third-order valence-electron chi connectivity index (χ3n) is 1.51. The first-order valence-corrected chi connectivity index (χ1v) is 5.45. The maximum atomic E-state index is 11.0. The summed E-state index contributed by atoms with van der Waals surface area (Å²) in [5.41, 5.74) is 5.89. The number of rotatable bonds is 3. The molecule has 0 aromatic carbocycles. The number of hydrogen-bond donors (Lipinski definition) is 2. The number of amidine groups is 1. The van der Waals surface area contributed by atoms with E-state index < -0.39 is 10.0 Å². The van der Waals surface area contributed by atoms with Gasteiger partial charge in [0.05, 0.1) is 12.1 Å². The van der Waals surface area contributed by atoms with E-state index in [4.69, 9.17) is 11.1 Å². The Morgan fingerprint density at radius 2 is 2.31 bits per heavy atom. The number of aromatic nitrogens is 1. The van der Waals surface area contributed by atoms with Crippen molar-refractivity contribution in [1.29, 1.82) is 5.41 Å². The van der Waals surface area contributed by atoms with Crippen LogP contribution in [0.3, 0.4) is 0 Å². The van der Waals surface area contributed by atoms with Crippen molar-refractivity contribution in [1.82, 2.24) is 3.97 Å². The first-order chi connectivity index (χ1) is 5.89. The van der Waals surface area contributed by atoms with Gasteiger partial charge in [-0.3, -0.25) is 9.38 Å². The van der Waals surface area contributed by atoms with E-state index >= 15 is 0 Å². The topological polar surface area (TPSA) is 88.9 Å². The molecular formula is C7H11N3O2S. The fourth-order valence-corrected chi connectivity index (χ4v) is 1.56. The van der Waals surface area contributed by atoms with Crippen LogP contribution in [0.1, 0.15) is 5.56 Å². The van der Waals surface area contributed by atoms with Gasteiger partial charge in [0.15, 0.2) is 0 Å². The fraction of sp³-hybridized carbons (Fsp3) is 0.286. The molecule has 0 bridgehead atoms. The normalized spacial score (nSPS) is 11.5. The Morgan fingerprint density at radius 3 is 2.69 bits per heavy atom. The summed E-state index contributed by atoms with van der Waals surface area (Å²) in [6.45, 7) is 0. The van der Waals surface area contributed by atoms with Crippen LogP contribution >= 0.6 is 0 Å². The molecule has 0 aliphatic rings. The van der Waals surface area contributed by atoms with Gasteiger partial charge in [0.2, 0.25) is 10.0 Å². The third kappa shape index (κ3) is 2.59. The van der Waals surface area contributed by atoms with E-state index in [2.05, 4.69) is 0 Å². The minimum atomic E-state index is -3.21. The first kappa shape index (κ1) is 9.79. The molecular weight excluding hydrogens is 190 g/mol. The van der Waals surface area contributed by atoms with Crippen molar-refractivity contribution in [3.8, 4) is 0 Å². The van der Waals surface area contributed by atoms with Gasteiger partial charge in [0.1, 0.15) is 0 Å². The fourth-order valence-electron chi connectivity index (χ4n) is 0.949. The maximum Gasteiger partial charge on any atom is 0.235 e. The molecule has 0 radical (unpaired) electrons. The van der Waals surface area contributed by atoms with Crippen LogP contribution in [0.15, 0.2) is 18.5 Å². The van der Waals surface area contributed by atoms with Crippen LogP contribution in [0, 0.1) is 5.41 Å². The van der Waals surface area contributed by atoms with E-state index in [0.29, 0.717) is 0 Å². The van der Waals surface area contributed by atoms with Gasteiger partial charge in [-0.15, -0.1) is 0 Å². The molecule has 0 atom stereocenters. The minimum absolute atomic E-state index is 0.0197. The molecule has 1 rings (SSSR count). The average Bonchev–Trinajstić information content (AvgIpc) is 2.32. The molecule has 0 fully saturated rings. The first-order valence-electron chi connectivity index (χ1n) is 3.60. The Bertz CT molecular complexity index is 419. The maximum absolute atomic E-state index is 11.0. The van der Waals surface area contributed by atoms with E-state index in [-0.39, 0.29) is 12.3 Å². The lowest BCUT2D eigenvalue weighted by Crippen LogP contribution is -2.12. The highest BCUT2D eigenvalue weighted by atomic mass is 32.2. The molecule has 0 spiro atoms. The molecule has 72 valence electrons. The van der Waals surface area contributed by atoms with Gasteiger partial charge >= 0.3 is 0 Å². The smallest absolute Gasteiger partial charge is 0.235 e. The summed E-state index contributed by atoms with van der Waals surface area (Å²) in [5, 5.41) is 7.02. The monoisotopic (exact) mass is 201 g/mol. The lowest BCUT2D eigenvalue weighted by molar-refractivity contribution is 0.593. The van der Waals surface area contributed by atoms with Crippen LogP contribution in [-0.2, 0) is 16.4 Å². The largest absolute Gasteiger partial charge is 0.387 e. The molecule has 1 heterocycles. The predicted octanol–water partition coefficient (Wildman–Crippen LogP) is -0.226. The van der Waals surface area contributed by atoms with Gasteiger partial charge in [-0.2, -0.15) is 0 Å². The van der Waals surface area contributed by atoms with Gasteiger partial charge in [0.25, 0.3) is 0 Å². The van der Waals surface area contributed by atoms with E-state index in [1.807, 2.05) is 0 Å². The average molecular weight is 201 g/mol. The van der Waals surface area contributed by atoms with Crippen LogP contribution in [-0.4, -0.2) is 24.5 Å². The molecule has 6 heteroatoms. The van der Waals surface area contributed by atoms with Crippen molar-refractivity contribution in [3.05, 3.63) is 24.0 Å². The van der Waals surface area contributed by atoms with Crippen LogP contribution in [0.5, 0.6) is 0 Å². The lowest BCUT2D eigenvalue weighted by Gasteiger charge is -1.96. The van der Waals surface area contributed by atoms with Crippen LogP contribution in [0.25, 0.3) is 0 Å². The van der Waals surface area contributed by atoms with Crippen LogP contribution in [0.2, 0.25) is 0 Å². The molecule has 0 saturated carbocycles. The lowest BCUT2D eigenvalue weighted by atomic mass is 10.2. The van der Waals surface area contributed by atoms with Gasteiger partial charge in [-0.25, -0.2) is 8.42 Å². The number of nitrogens with one attached hydrogen (secondary N) is 1. The van der Waals surface area contributed by atoms with Gasteiger partial charge < -0.3 is 5.73 Å². The van der Waals surface area contributed by atoms with Crippen molar-refractivity contribution in [2.45, 2.75) is 6.42 Å². The predicted molar refractivity (Wildman–Crippen MR) is 50.3 cm³/mol. The SMILES string of the molecule is CS(=O)(=O)n1ccc(CC(=N)N)c1. The molecule has 5 nitrogen and oxygen atoms in total. The van der Waals surface area contributed by atoms with E-state index in [1.54, 1.807) is 6.07 Å². The number of nitrogens with zero attached hydrogens (tertiary/aromatic N) is 1. The zero-order valence-corrected chi connectivity index (χ0v) is 8.00. The Kier molecular flexibility index (Phi) is 2.42.